The number of rotatable bonds is 8. The fraction of sp³-hybridized carbons (Fsp3) is 0.185. The van der Waals surface area contributed by atoms with Crippen molar-refractivity contribution in [2.75, 3.05) is 6.61 Å². The van der Waals surface area contributed by atoms with Gasteiger partial charge in [-0.2, -0.15) is 0 Å². The number of carboxylic acids is 1. The summed E-state index contributed by atoms with van der Waals surface area (Å²) in [5.41, 5.74) is 6.89. The first-order chi connectivity index (χ1) is 16.0. The molecule has 1 aromatic heterocycles. The first kappa shape index (κ1) is 22.1. The van der Waals surface area contributed by atoms with Crippen molar-refractivity contribution in [2.45, 2.75) is 25.3 Å². The van der Waals surface area contributed by atoms with E-state index in [1.165, 1.54) is 0 Å². The van der Waals surface area contributed by atoms with Gasteiger partial charge in [-0.15, -0.1) is 0 Å². The first-order valence-corrected chi connectivity index (χ1v) is 10.8. The van der Waals surface area contributed by atoms with Crippen molar-refractivity contribution < 1.29 is 19.4 Å². The Bertz CT molecular complexity index is 1180. The molecule has 0 bridgehead atoms. The van der Waals surface area contributed by atoms with Crippen LogP contribution in [0.3, 0.4) is 0 Å². The third kappa shape index (κ3) is 4.46. The number of amides is 1. The molecule has 0 radical (unpaired) electrons. The van der Waals surface area contributed by atoms with Crippen LogP contribution in [0.4, 0.5) is 4.79 Å². The molecule has 0 saturated heterocycles. The smallest absolute Gasteiger partial charge is 0.407 e. The normalized spacial score (nSPS) is 13.4. The van der Waals surface area contributed by atoms with Crippen LogP contribution in [0.5, 0.6) is 0 Å². The zero-order valence-corrected chi connectivity index (χ0v) is 18.4. The van der Waals surface area contributed by atoms with E-state index in [1.807, 2.05) is 55.5 Å². The molecule has 0 aliphatic heterocycles. The molecule has 168 valence electrons. The minimum absolute atomic E-state index is 0.0902. The largest absolute Gasteiger partial charge is 0.480 e. The fourth-order valence-electron chi connectivity index (χ4n) is 4.40. The Morgan fingerprint density at radius 1 is 1.15 bits per heavy atom. The molecule has 0 spiro atoms. The van der Waals surface area contributed by atoms with Crippen molar-refractivity contribution in [1.29, 1.82) is 0 Å². The van der Waals surface area contributed by atoms with Crippen molar-refractivity contribution in [2.24, 2.45) is 0 Å². The number of alkyl carbamates (subject to hydrolysis) is 1. The second-order valence-electron chi connectivity index (χ2n) is 7.91. The van der Waals surface area contributed by atoms with Crippen molar-refractivity contribution >= 4 is 24.2 Å². The molecule has 33 heavy (non-hydrogen) atoms. The summed E-state index contributed by atoms with van der Waals surface area (Å²) in [5, 5.41) is 12.2. The highest BCUT2D eigenvalue weighted by Gasteiger charge is 2.30. The van der Waals surface area contributed by atoms with Crippen LogP contribution in [0, 0.1) is 0 Å². The number of aromatic amines is 1. The van der Waals surface area contributed by atoms with E-state index in [4.69, 9.17) is 4.74 Å². The molecule has 0 unspecified atom stereocenters. The maximum absolute atomic E-state index is 12.6. The molecular weight excluding hydrogens is 416 g/mol. The molecule has 1 heterocycles. The monoisotopic (exact) mass is 442 g/mol. The second-order valence-corrected chi connectivity index (χ2v) is 7.91. The SMILES string of the molecule is C=Cc1[nH]cc(C[C@H](NC(=O)OCC2c3ccccc3-c3ccccc32)C(=O)O)c1/C=C\C. The fourth-order valence-corrected chi connectivity index (χ4v) is 4.40. The number of allylic oxidation sites excluding steroid dienone is 1. The van der Waals surface area contributed by atoms with Gasteiger partial charge < -0.3 is 20.1 Å². The summed E-state index contributed by atoms with van der Waals surface area (Å²) in [7, 11) is 0. The molecule has 1 atom stereocenters. The number of aromatic nitrogens is 1. The highest BCUT2D eigenvalue weighted by atomic mass is 16.5. The predicted octanol–water partition coefficient (Wildman–Crippen LogP) is 5.23. The Morgan fingerprint density at radius 2 is 1.79 bits per heavy atom. The lowest BCUT2D eigenvalue weighted by Gasteiger charge is -2.17. The van der Waals surface area contributed by atoms with Gasteiger partial charge in [0.15, 0.2) is 0 Å². The van der Waals surface area contributed by atoms with E-state index in [0.29, 0.717) is 0 Å². The van der Waals surface area contributed by atoms with Gasteiger partial charge in [0.1, 0.15) is 12.6 Å². The molecule has 1 amide bonds. The number of aliphatic carboxylic acids is 1. The average molecular weight is 443 g/mol. The number of ether oxygens (including phenoxy) is 1. The third-order valence-corrected chi connectivity index (χ3v) is 5.93. The summed E-state index contributed by atoms with van der Waals surface area (Å²) in [6, 6.07) is 15.0. The summed E-state index contributed by atoms with van der Waals surface area (Å²) in [4.78, 5) is 27.5. The maximum Gasteiger partial charge on any atom is 0.407 e. The lowest BCUT2D eigenvalue weighted by Crippen LogP contribution is -2.43. The molecular formula is C27H26N2O4. The summed E-state index contributed by atoms with van der Waals surface area (Å²) < 4.78 is 5.51. The molecule has 6 nitrogen and oxygen atoms in total. The Balaban J connectivity index is 1.45. The van der Waals surface area contributed by atoms with Crippen LogP contribution < -0.4 is 5.32 Å². The third-order valence-electron chi connectivity index (χ3n) is 5.93. The number of hydrogen-bond acceptors (Lipinski definition) is 3. The molecule has 2 aromatic carbocycles. The van der Waals surface area contributed by atoms with E-state index in [9.17, 15) is 14.7 Å². The van der Waals surface area contributed by atoms with Gasteiger partial charge in [0.25, 0.3) is 0 Å². The minimum atomic E-state index is -1.13. The van der Waals surface area contributed by atoms with E-state index >= 15 is 0 Å². The topological polar surface area (TPSA) is 91.4 Å². The van der Waals surface area contributed by atoms with Gasteiger partial charge in [0.2, 0.25) is 0 Å². The number of fused-ring (bicyclic) bond motifs is 3. The molecule has 3 aromatic rings. The van der Waals surface area contributed by atoms with Crippen LogP contribution in [-0.4, -0.2) is 34.8 Å². The highest BCUT2D eigenvalue weighted by molar-refractivity contribution is 5.81. The van der Waals surface area contributed by atoms with Crippen LogP contribution in [0.2, 0.25) is 0 Å². The second kappa shape index (κ2) is 9.61. The van der Waals surface area contributed by atoms with Gasteiger partial charge in [-0.05, 0) is 40.8 Å². The van der Waals surface area contributed by atoms with Gasteiger partial charge in [0, 0.05) is 29.8 Å². The molecule has 0 fully saturated rings. The lowest BCUT2D eigenvalue weighted by atomic mass is 9.98. The van der Waals surface area contributed by atoms with E-state index in [0.717, 1.165) is 39.1 Å². The molecule has 1 aliphatic rings. The number of nitrogens with one attached hydrogen (secondary N) is 2. The Labute approximate surface area is 192 Å². The van der Waals surface area contributed by atoms with Gasteiger partial charge >= 0.3 is 12.1 Å². The van der Waals surface area contributed by atoms with Crippen LogP contribution in [-0.2, 0) is 16.0 Å². The van der Waals surface area contributed by atoms with Crippen molar-refractivity contribution in [1.82, 2.24) is 10.3 Å². The Kier molecular flexibility index (Phi) is 6.45. The zero-order chi connectivity index (χ0) is 23.4. The number of hydrogen-bond donors (Lipinski definition) is 3. The predicted molar refractivity (Wildman–Crippen MR) is 129 cm³/mol. The molecule has 0 saturated carbocycles. The quantitative estimate of drug-likeness (QED) is 0.446. The summed E-state index contributed by atoms with van der Waals surface area (Å²) >= 11 is 0. The van der Waals surface area contributed by atoms with Crippen LogP contribution >= 0.6 is 0 Å². The number of carbonyl (C=O) groups excluding carboxylic acids is 1. The number of carbonyl (C=O) groups is 2. The van der Waals surface area contributed by atoms with E-state index < -0.39 is 18.1 Å². The van der Waals surface area contributed by atoms with Crippen LogP contribution in [0.1, 0.15) is 40.8 Å². The van der Waals surface area contributed by atoms with E-state index in [2.05, 4.69) is 29.0 Å². The van der Waals surface area contributed by atoms with Gasteiger partial charge in [0.05, 0.1) is 0 Å². The van der Waals surface area contributed by atoms with Gasteiger partial charge in [-0.1, -0.05) is 67.3 Å². The van der Waals surface area contributed by atoms with Gasteiger partial charge in [-0.3, -0.25) is 0 Å². The van der Waals surface area contributed by atoms with Gasteiger partial charge in [-0.25, -0.2) is 9.59 Å². The minimum Gasteiger partial charge on any atom is -0.480 e. The van der Waals surface area contributed by atoms with Crippen LogP contribution in [0.25, 0.3) is 23.3 Å². The standard InChI is InChI=1S/C27H26N2O4/c1-3-9-18-17(15-28-24(18)4-2)14-25(26(30)31)29-27(32)33-16-23-21-12-7-5-10-19(21)20-11-6-8-13-22(20)23/h3-13,15,23,25,28H,2,14,16H2,1H3,(H,29,32)(H,30,31)/b9-3-/t25-/m0/s1. The van der Waals surface area contributed by atoms with Crippen molar-refractivity contribution in [3.63, 3.8) is 0 Å². The van der Waals surface area contributed by atoms with Crippen molar-refractivity contribution in [3.8, 4) is 11.1 Å². The Hall–Kier alpha value is -4.06. The Morgan fingerprint density at radius 3 is 2.36 bits per heavy atom. The number of H-pyrrole nitrogens is 1. The van der Waals surface area contributed by atoms with Crippen molar-refractivity contribution in [3.05, 3.63) is 95.3 Å². The zero-order valence-electron chi connectivity index (χ0n) is 18.4. The lowest BCUT2D eigenvalue weighted by molar-refractivity contribution is -0.139. The van der Waals surface area contributed by atoms with E-state index in [-0.39, 0.29) is 18.9 Å². The molecule has 6 heteroatoms. The first-order valence-electron chi connectivity index (χ1n) is 10.8. The molecule has 4 rings (SSSR count). The number of carboxylic acid groups (broad SMARTS) is 1. The average Bonchev–Trinajstić information content (AvgIpc) is 3.36. The highest BCUT2D eigenvalue weighted by Crippen LogP contribution is 2.44. The molecule has 3 N–H and O–H groups in total. The summed E-state index contributed by atoms with van der Waals surface area (Å²) in [5.74, 6) is -1.22. The summed E-state index contributed by atoms with van der Waals surface area (Å²) in [6.45, 7) is 5.78. The van der Waals surface area contributed by atoms with Crippen LogP contribution in [0.15, 0.2) is 67.4 Å². The summed E-state index contributed by atoms with van der Waals surface area (Å²) in [6.07, 6.45) is 6.53. The van der Waals surface area contributed by atoms with E-state index in [1.54, 1.807) is 12.3 Å². The molecule has 1 aliphatic carbocycles. The maximum atomic E-state index is 12.6. The number of benzene rings is 2.